The molecule has 5 heteroatoms. The fourth-order valence-corrected chi connectivity index (χ4v) is 1.68. The maximum Gasteiger partial charge on any atom is 0.274 e. The average molecular weight is 307 g/mol. The fraction of sp³-hybridized carbons (Fsp3) is 0.0769. The molecule has 1 aromatic carbocycles. The molecule has 1 amide bonds. The van der Waals surface area contributed by atoms with Crippen LogP contribution >= 0.6 is 15.9 Å². The first kappa shape index (κ1) is 12.6. The lowest BCUT2D eigenvalue weighted by atomic mass is 10.2. The van der Waals surface area contributed by atoms with Gasteiger partial charge >= 0.3 is 0 Å². The number of aromatic hydroxyl groups is 1. The standard InChI is InChI=1S/C13H11BrN2O2/c1-8-2-4-10(12(17)6-8)16-13(18)11-5-3-9(14)7-15-11/h2-7,17H,1H3,(H,16,18). The third kappa shape index (κ3) is 2.87. The van der Waals surface area contributed by atoms with Gasteiger partial charge in [0, 0.05) is 10.7 Å². The van der Waals surface area contributed by atoms with E-state index in [1.807, 2.05) is 13.0 Å². The fourth-order valence-electron chi connectivity index (χ4n) is 1.44. The smallest absolute Gasteiger partial charge is 0.274 e. The topological polar surface area (TPSA) is 62.2 Å². The molecular weight excluding hydrogens is 296 g/mol. The highest BCUT2D eigenvalue weighted by Crippen LogP contribution is 2.24. The summed E-state index contributed by atoms with van der Waals surface area (Å²) in [7, 11) is 0. The molecule has 0 aliphatic heterocycles. The van der Waals surface area contributed by atoms with Crippen LogP contribution in [-0.2, 0) is 0 Å². The lowest BCUT2D eigenvalue weighted by Crippen LogP contribution is -2.13. The summed E-state index contributed by atoms with van der Waals surface area (Å²) in [4.78, 5) is 15.8. The van der Waals surface area contributed by atoms with E-state index in [1.54, 1.807) is 30.5 Å². The molecule has 1 aromatic heterocycles. The molecule has 1 heterocycles. The van der Waals surface area contributed by atoms with E-state index in [0.29, 0.717) is 5.69 Å². The van der Waals surface area contributed by atoms with Crippen molar-refractivity contribution in [2.75, 3.05) is 5.32 Å². The first-order valence-electron chi connectivity index (χ1n) is 5.29. The van der Waals surface area contributed by atoms with Crippen molar-refractivity contribution < 1.29 is 9.90 Å². The second-order valence-corrected chi connectivity index (χ2v) is 4.75. The number of carbonyl (C=O) groups excluding carboxylic acids is 1. The van der Waals surface area contributed by atoms with Crippen molar-refractivity contribution in [3.63, 3.8) is 0 Å². The van der Waals surface area contributed by atoms with Crippen LogP contribution in [0.1, 0.15) is 16.1 Å². The zero-order valence-electron chi connectivity index (χ0n) is 9.64. The number of pyridine rings is 1. The number of halogens is 1. The Morgan fingerprint density at radius 2 is 2.11 bits per heavy atom. The van der Waals surface area contributed by atoms with E-state index in [-0.39, 0.29) is 17.4 Å². The molecule has 0 spiro atoms. The highest BCUT2D eigenvalue weighted by molar-refractivity contribution is 9.10. The normalized spacial score (nSPS) is 10.1. The largest absolute Gasteiger partial charge is 0.506 e. The number of carbonyl (C=O) groups is 1. The Kier molecular flexibility index (Phi) is 3.62. The lowest BCUT2D eigenvalue weighted by Gasteiger charge is -2.07. The number of aryl methyl sites for hydroxylation is 1. The van der Waals surface area contributed by atoms with Crippen molar-refractivity contribution in [2.45, 2.75) is 6.92 Å². The van der Waals surface area contributed by atoms with Gasteiger partial charge in [0.25, 0.3) is 5.91 Å². The zero-order valence-corrected chi connectivity index (χ0v) is 11.2. The number of amides is 1. The molecule has 18 heavy (non-hydrogen) atoms. The van der Waals surface area contributed by atoms with Crippen LogP contribution < -0.4 is 5.32 Å². The minimum atomic E-state index is -0.360. The van der Waals surface area contributed by atoms with E-state index in [2.05, 4.69) is 26.2 Å². The van der Waals surface area contributed by atoms with Crippen LogP contribution in [0.2, 0.25) is 0 Å². The molecule has 0 aliphatic rings. The van der Waals surface area contributed by atoms with Crippen molar-refractivity contribution in [1.82, 2.24) is 4.98 Å². The van der Waals surface area contributed by atoms with Gasteiger partial charge in [-0.2, -0.15) is 0 Å². The highest BCUT2D eigenvalue weighted by atomic mass is 79.9. The van der Waals surface area contributed by atoms with Crippen molar-refractivity contribution in [1.29, 1.82) is 0 Å². The van der Waals surface area contributed by atoms with Gasteiger partial charge in [0.15, 0.2) is 0 Å². The van der Waals surface area contributed by atoms with Crippen molar-refractivity contribution in [2.24, 2.45) is 0 Å². The summed E-state index contributed by atoms with van der Waals surface area (Å²) in [6, 6.07) is 8.39. The molecule has 0 atom stereocenters. The molecule has 0 unspecified atom stereocenters. The van der Waals surface area contributed by atoms with Crippen LogP contribution in [0.4, 0.5) is 5.69 Å². The predicted octanol–water partition coefficient (Wildman–Crippen LogP) is 3.11. The third-order valence-electron chi connectivity index (χ3n) is 2.36. The van der Waals surface area contributed by atoms with Crippen LogP contribution in [0.15, 0.2) is 41.0 Å². The van der Waals surface area contributed by atoms with Gasteiger partial charge in [0.1, 0.15) is 11.4 Å². The van der Waals surface area contributed by atoms with E-state index in [0.717, 1.165) is 10.0 Å². The number of phenolic OH excluding ortho intramolecular Hbond substituents is 1. The van der Waals surface area contributed by atoms with Gasteiger partial charge in [0.05, 0.1) is 5.69 Å². The Morgan fingerprint density at radius 1 is 1.33 bits per heavy atom. The molecule has 0 saturated carbocycles. The summed E-state index contributed by atoms with van der Waals surface area (Å²) < 4.78 is 0.803. The maximum atomic E-state index is 11.9. The zero-order chi connectivity index (χ0) is 13.1. The maximum absolute atomic E-state index is 11.9. The highest BCUT2D eigenvalue weighted by Gasteiger charge is 2.09. The molecule has 2 N–H and O–H groups in total. The first-order chi connectivity index (χ1) is 8.56. The molecule has 2 rings (SSSR count). The van der Waals surface area contributed by atoms with Crippen molar-refractivity contribution in [3.8, 4) is 5.75 Å². The predicted molar refractivity (Wildman–Crippen MR) is 72.7 cm³/mol. The molecule has 0 fully saturated rings. The van der Waals surface area contributed by atoms with Gasteiger partial charge in [-0.15, -0.1) is 0 Å². The van der Waals surface area contributed by atoms with Crippen LogP contribution in [0.25, 0.3) is 0 Å². The summed E-state index contributed by atoms with van der Waals surface area (Å²) in [5.74, 6) is -0.317. The number of anilines is 1. The number of phenols is 1. The second-order valence-electron chi connectivity index (χ2n) is 3.84. The Hall–Kier alpha value is -1.88. The molecule has 4 nitrogen and oxygen atoms in total. The Bertz CT molecular complexity index is 582. The molecule has 2 aromatic rings. The van der Waals surface area contributed by atoms with E-state index in [9.17, 15) is 9.90 Å². The summed E-state index contributed by atoms with van der Waals surface area (Å²) in [5, 5.41) is 12.3. The molecule has 0 aliphatic carbocycles. The number of benzene rings is 1. The number of aromatic nitrogens is 1. The third-order valence-corrected chi connectivity index (χ3v) is 2.83. The first-order valence-corrected chi connectivity index (χ1v) is 6.08. The molecular formula is C13H11BrN2O2. The number of hydrogen-bond acceptors (Lipinski definition) is 3. The van der Waals surface area contributed by atoms with Crippen LogP contribution in [0.3, 0.4) is 0 Å². The van der Waals surface area contributed by atoms with E-state index in [4.69, 9.17) is 0 Å². The summed E-state index contributed by atoms with van der Waals surface area (Å²) in [6.45, 7) is 1.86. The lowest BCUT2D eigenvalue weighted by molar-refractivity contribution is 0.102. The molecule has 0 saturated heterocycles. The molecule has 0 radical (unpaired) electrons. The Morgan fingerprint density at radius 3 is 2.72 bits per heavy atom. The van der Waals surface area contributed by atoms with Gasteiger partial charge in [-0.3, -0.25) is 4.79 Å². The monoisotopic (exact) mass is 306 g/mol. The van der Waals surface area contributed by atoms with Crippen LogP contribution in [0, 0.1) is 6.92 Å². The van der Waals surface area contributed by atoms with Gasteiger partial charge in [0.2, 0.25) is 0 Å². The van der Waals surface area contributed by atoms with Gasteiger partial charge < -0.3 is 10.4 Å². The van der Waals surface area contributed by atoms with Crippen molar-refractivity contribution >= 4 is 27.5 Å². The minimum Gasteiger partial charge on any atom is -0.506 e. The van der Waals surface area contributed by atoms with Gasteiger partial charge in [-0.25, -0.2) is 4.98 Å². The minimum absolute atomic E-state index is 0.0421. The van der Waals surface area contributed by atoms with Gasteiger partial charge in [-0.05, 0) is 52.7 Å². The van der Waals surface area contributed by atoms with Crippen molar-refractivity contribution in [3.05, 3.63) is 52.3 Å². The Labute approximate surface area is 113 Å². The summed E-state index contributed by atoms with van der Waals surface area (Å²) in [5.41, 5.74) is 1.58. The molecule has 92 valence electrons. The van der Waals surface area contributed by atoms with E-state index < -0.39 is 0 Å². The molecule has 0 bridgehead atoms. The average Bonchev–Trinajstić information content (AvgIpc) is 2.33. The van der Waals surface area contributed by atoms with Gasteiger partial charge in [-0.1, -0.05) is 6.07 Å². The van der Waals surface area contributed by atoms with E-state index in [1.165, 1.54) is 0 Å². The summed E-state index contributed by atoms with van der Waals surface area (Å²) >= 11 is 3.25. The SMILES string of the molecule is Cc1ccc(NC(=O)c2ccc(Br)cn2)c(O)c1. The number of nitrogens with zero attached hydrogens (tertiary/aromatic N) is 1. The van der Waals surface area contributed by atoms with Crippen LogP contribution in [-0.4, -0.2) is 16.0 Å². The Balaban J connectivity index is 2.18. The summed E-state index contributed by atoms with van der Waals surface area (Å²) in [6.07, 6.45) is 1.55. The number of rotatable bonds is 2. The van der Waals surface area contributed by atoms with E-state index >= 15 is 0 Å². The van der Waals surface area contributed by atoms with Crippen LogP contribution in [0.5, 0.6) is 5.75 Å². The number of hydrogen-bond donors (Lipinski definition) is 2. The quantitative estimate of drug-likeness (QED) is 0.838. The number of nitrogens with one attached hydrogen (secondary N) is 1. The second kappa shape index (κ2) is 5.18.